The van der Waals surface area contributed by atoms with Gasteiger partial charge in [-0.05, 0) is 114 Å². The molecule has 0 amide bonds. The van der Waals surface area contributed by atoms with Gasteiger partial charge in [-0.2, -0.15) is 0 Å². The molecule has 2 heterocycles. The van der Waals surface area contributed by atoms with Crippen LogP contribution in [0.4, 0.5) is 0 Å². The number of benzene rings is 9. The van der Waals surface area contributed by atoms with Crippen LogP contribution in [-0.2, 0) is 5.41 Å². The highest BCUT2D eigenvalue weighted by atomic mass is 32.1. The normalized spacial score (nSPS) is 18.9. The molecule has 10 aromatic rings. The molecule has 4 aliphatic rings. The molecule has 1 nitrogen and oxygen atoms in total. The van der Waals surface area contributed by atoms with Gasteiger partial charge in [-0.25, -0.2) is 0 Å². The van der Waals surface area contributed by atoms with Crippen molar-refractivity contribution in [3.8, 4) is 56.0 Å². The van der Waals surface area contributed by atoms with Crippen molar-refractivity contribution in [1.82, 2.24) is 0 Å². The first-order chi connectivity index (χ1) is 29.3. The Morgan fingerprint density at radius 3 is 2.15 bits per heavy atom. The van der Waals surface area contributed by atoms with Gasteiger partial charge < -0.3 is 4.74 Å². The lowest BCUT2D eigenvalue weighted by Gasteiger charge is -2.36. The van der Waals surface area contributed by atoms with E-state index < -0.39 is 0 Å². The van der Waals surface area contributed by atoms with Gasteiger partial charge in [0.25, 0.3) is 0 Å². The van der Waals surface area contributed by atoms with Crippen LogP contribution in [0, 0.1) is 5.92 Å². The summed E-state index contributed by atoms with van der Waals surface area (Å²) in [6.07, 6.45) is 9.50. The first-order valence-electron chi connectivity index (χ1n) is 20.7. The number of rotatable bonds is 2. The van der Waals surface area contributed by atoms with Crippen molar-refractivity contribution >= 4 is 53.1 Å². The molecular formula is C57H34OS. The Kier molecular flexibility index (Phi) is 6.27. The third-order valence-corrected chi connectivity index (χ3v) is 15.1. The van der Waals surface area contributed by atoms with Crippen molar-refractivity contribution in [2.75, 3.05) is 0 Å². The summed E-state index contributed by atoms with van der Waals surface area (Å²) in [5, 5.41) is 7.66. The first kappa shape index (κ1) is 32.0. The molecule has 1 aliphatic heterocycles. The average Bonchev–Trinajstić information content (AvgIpc) is 3.93. The molecule has 2 heteroatoms. The molecule has 0 fully saturated rings. The Hall–Kier alpha value is -7.00. The van der Waals surface area contributed by atoms with E-state index in [0.29, 0.717) is 0 Å². The summed E-state index contributed by atoms with van der Waals surface area (Å²) in [7, 11) is 0. The highest BCUT2D eigenvalue weighted by Gasteiger charge is 2.57. The standard InChI is InChI=1S/C57H34OS/c1-2-12-36-33(11-1)23-27-49-54(36)42-14-3-6-19-46(42)57(49)47-20-7-4-15-43(47)55-39(18-10-21-48(55)57)37-26-29-51-56-40(37)16-9-17-41(56)44-31-34(24-28-50(44)58-51)35-25-30-53-45(32-35)38-13-5-8-22-52(38)59-53/h1-32,43,47H. The molecule has 0 radical (unpaired) electrons. The van der Waals surface area contributed by atoms with Gasteiger partial charge in [0.15, 0.2) is 0 Å². The van der Waals surface area contributed by atoms with E-state index in [2.05, 4.69) is 194 Å². The van der Waals surface area contributed by atoms with Crippen LogP contribution >= 0.6 is 11.3 Å². The lowest BCUT2D eigenvalue weighted by molar-refractivity contribution is 0.466. The molecule has 9 aromatic carbocycles. The smallest absolute Gasteiger partial charge is 0.135 e. The zero-order valence-corrected chi connectivity index (χ0v) is 32.8. The summed E-state index contributed by atoms with van der Waals surface area (Å²) < 4.78 is 9.45. The van der Waals surface area contributed by atoms with Crippen molar-refractivity contribution < 1.29 is 4.74 Å². The van der Waals surface area contributed by atoms with Gasteiger partial charge in [-0.1, -0.05) is 158 Å². The average molecular weight is 767 g/mol. The monoisotopic (exact) mass is 766 g/mol. The van der Waals surface area contributed by atoms with Crippen molar-refractivity contribution in [1.29, 1.82) is 0 Å². The SMILES string of the molecule is C1=CC2c3c(-c4ccc5c6c(cccc46)-c4cc(-c6ccc7sc8ccccc8c7c6)ccc4O5)cccc3C3(c4ccccc4-c4c3ccc3ccccc43)C2C=C1. The second-order valence-electron chi connectivity index (χ2n) is 16.6. The van der Waals surface area contributed by atoms with E-state index in [1.807, 2.05) is 11.3 Å². The van der Waals surface area contributed by atoms with E-state index in [4.69, 9.17) is 4.74 Å². The summed E-state index contributed by atoms with van der Waals surface area (Å²) in [6, 6.07) is 63.7. The molecule has 3 unspecified atom stereocenters. The van der Waals surface area contributed by atoms with E-state index in [-0.39, 0.29) is 17.3 Å². The fourth-order valence-electron chi connectivity index (χ4n) is 11.7. The molecule has 274 valence electrons. The number of fused-ring (bicyclic) bond motifs is 17. The second kappa shape index (κ2) is 11.6. The first-order valence-corrected chi connectivity index (χ1v) is 21.5. The summed E-state index contributed by atoms with van der Waals surface area (Å²) in [5.41, 5.74) is 15.5. The largest absolute Gasteiger partial charge is 0.456 e. The lowest BCUT2D eigenvalue weighted by Crippen LogP contribution is -2.32. The molecule has 14 rings (SSSR count). The zero-order chi connectivity index (χ0) is 38.4. The summed E-state index contributed by atoms with van der Waals surface area (Å²) in [5.74, 6) is 2.28. The minimum absolute atomic E-state index is 0.222. The predicted molar refractivity (Wildman–Crippen MR) is 247 cm³/mol. The van der Waals surface area contributed by atoms with Crippen LogP contribution in [0.2, 0.25) is 0 Å². The van der Waals surface area contributed by atoms with Gasteiger partial charge in [0.2, 0.25) is 0 Å². The van der Waals surface area contributed by atoms with Gasteiger partial charge in [-0.15, -0.1) is 11.3 Å². The predicted octanol–water partition coefficient (Wildman–Crippen LogP) is 15.6. The van der Waals surface area contributed by atoms with Crippen molar-refractivity contribution in [2.24, 2.45) is 5.92 Å². The number of thiophene rings is 1. The zero-order valence-electron chi connectivity index (χ0n) is 31.9. The van der Waals surface area contributed by atoms with E-state index in [0.717, 1.165) is 17.1 Å². The van der Waals surface area contributed by atoms with Gasteiger partial charge >= 0.3 is 0 Å². The third kappa shape index (κ3) is 4.09. The Balaban J connectivity index is 0.972. The quantitative estimate of drug-likeness (QED) is 0.170. The molecule has 0 bridgehead atoms. The summed E-state index contributed by atoms with van der Waals surface area (Å²) in [4.78, 5) is 0. The number of hydrogen-bond acceptors (Lipinski definition) is 2. The van der Waals surface area contributed by atoms with E-state index in [1.54, 1.807) is 0 Å². The molecule has 59 heavy (non-hydrogen) atoms. The maximum atomic E-state index is 6.80. The van der Waals surface area contributed by atoms with Crippen LogP contribution in [-0.4, -0.2) is 0 Å². The topological polar surface area (TPSA) is 9.23 Å². The van der Waals surface area contributed by atoms with Crippen molar-refractivity contribution in [3.63, 3.8) is 0 Å². The lowest BCUT2D eigenvalue weighted by atomic mass is 9.65. The van der Waals surface area contributed by atoms with Gasteiger partial charge in [0.05, 0.1) is 5.41 Å². The van der Waals surface area contributed by atoms with Crippen molar-refractivity contribution in [3.05, 3.63) is 216 Å². The second-order valence-corrected chi connectivity index (χ2v) is 17.7. The van der Waals surface area contributed by atoms with Crippen molar-refractivity contribution in [2.45, 2.75) is 11.3 Å². The molecule has 1 spiro atoms. The van der Waals surface area contributed by atoms with Crippen LogP contribution in [0.5, 0.6) is 11.5 Å². The molecular weight excluding hydrogens is 733 g/mol. The minimum Gasteiger partial charge on any atom is -0.456 e. The maximum Gasteiger partial charge on any atom is 0.135 e. The molecule has 3 atom stereocenters. The summed E-state index contributed by atoms with van der Waals surface area (Å²) in [6.45, 7) is 0. The van der Waals surface area contributed by atoms with E-state index >= 15 is 0 Å². The van der Waals surface area contributed by atoms with Gasteiger partial charge in [-0.3, -0.25) is 0 Å². The summed E-state index contributed by atoms with van der Waals surface area (Å²) >= 11 is 1.86. The Morgan fingerprint density at radius 1 is 0.441 bits per heavy atom. The van der Waals surface area contributed by atoms with Gasteiger partial charge in [0, 0.05) is 43.0 Å². The molecule has 0 saturated carbocycles. The Labute approximate surface area is 345 Å². The van der Waals surface area contributed by atoms with Crippen LogP contribution in [0.25, 0.3) is 86.2 Å². The fourth-order valence-corrected chi connectivity index (χ4v) is 12.7. The maximum absolute atomic E-state index is 6.80. The fraction of sp³-hybridized carbons (Fsp3) is 0.0526. The molecule has 0 saturated heterocycles. The van der Waals surface area contributed by atoms with E-state index in [1.165, 1.54) is 103 Å². The van der Waals surface area contributed by atoms with Crippen LogP contribution in [0.1, 0.15) is 28.2 Å². The van der Waals surface area contributed by atoms with Gasteiger partial charge in [0.1, 0.15) is 11.5 Å². The number of ether oxygens (including phenoxy) is 1. The highest BCUT2D eigenvalue weighted by Crippen LogP contribution is 2.67. The highest BCUT2D eigenvalue weighted by molar-refractivity contribution is 7.25. The van der Waals surface area contributed by atoms with Crippen LogP contribution in [0.3, 0.4) is 0 Å². The van der Waals surface area contributed by atoms with Crippen LogP contribution < -0.4 is 4.74 Å². The minimum atomic E-state index is -0.309. The molecule has 0 N–H and O–H groups in total. The van der Waals surface area contributed by atoms with E-state index in [9.17, 15) is 0 Å². The Bertz CT molecular complexity index is 3560. The molecule has 3 aliphatic carbocycles. The third-order valence-electron chi connectivity index (χ3n) is 14.0. The van der Waals surface area contributed by atoms with Crippen LogP contribution in [0.15, 0.2) is 194 Å². The Morgan fingerprint density at radius 2 is 1.17 bits per heavy atom. The number of hydrogen-bond donors (Lipinski definition) is 0. The number of allylic oxidation sites excluding steroid dienone is 4. The molecule has 1 aromatic heterocycles.